The molecule has 0 N–H and O–H groups in total. The summed E-state index contributed by atoms with van der Waals surface area (Å²) in [6.07, 6.45) is -2.79. The van der Waals surface area contributed by atoms with E-state index in [0.717, 1.165) is 10.6 Å². The van der Waals surface area contributed by atoms with Crippen molar-refractivity contribution in [3.05, 3.63) is 58.4 Å². The molecule has 12 heteroatoms. The van der Waals surface area contributed by atoms with Crippen molar-refractivity contribution in [2.45, 2.75) is 45.0 Å². The van der Waals surface area contributed by atoms with Crippen LogP contribution >= 0.6 is 0 Å². The van der Waals surface area contributed by atoms with Crippen molar-refractivity contribution in [1.82, 2.24) is 14.0 Å². The van der Waals surface area contributed by atoms with E-state index in [-0.39, 0.29) is 42.6 Å². The van der Waals surface area contributed by atoms with Crippen LogP contribution in [0.1, 0.15) is 12.0 Å². The maximum Gasteiger partial charge on any atom is 0.419 e. The van der Waals surface area contributed by atoms with Crippen LogP contribution < -0.4 is 5.56 Å². The van der Waals surface area contributed by atoms with Gasteiger partial charge < -0.3 is 18.5 Å². The minimum atomic E-state index is -4.91. The summed E-state index contributed by atoms with van der Waals surface area (Å²) in [4.78, 5) is 27.4. The number of nitrogens with zero attached hydrogens (tertiary/aromatic N) is 3. The van der Waals surface area contributed by atoms with E-state index in [0.29, 0.717) is 24.7 Å². The predicted molar refractivity (Wildman–Crippen MR) is 128 cm³/mol. The summed E-state index contributed by atoms with van der Waals surface area (Å²) in [6.45, 7) is 4.59. The van der Waals surface area contributed by atoms with Crippen LogP contribution in [0.4, 0.5) is 22.0 Å². The van der Waals surface area contributed by atoms with Crippen LogP contribution in [-0.2, 0) is 28.5 Å². The average molecular weight is 528 g/mol. The second kappa shape index (κ2) is 10.2. The molecule has 1 fully saturated rings. The summed E-state index contributed by atoms with van der Waals surface area (Å²) in [5.41, 5.74) is -1.35. The lowest BCUT2D eigenvalue weighted by molar-refractivity contribution is -0.140. The Balaban J connectivity index is 1.80. The highest BCUT2D eigenvalue weighted by molar-refractivity contribution is 6.48. The van der Waals surface area contributed by atoms with Crippen LogP contribution in [0.15, 0.2) is 41.5 Å². The maximum atomic E-state index is 13.9. The zero-order chi connectivity index (χ0) is 26.2. The number of aromatic nitrogens is 2. The van der Waals surface area contributed by atoms with Gasteiger partial charge in [0.25, 0.3) is 5.56 Å². The van der Waals surface area contributed by atoms with Crippen molar-refractivity contribution < 1.29 is 31.2 Å². The number of amides is 1. The molecule has 0 aliphatic carbocycles. The van der Waals surface area contributed by atoms with E-state index in [4.69, 9.17) is 4.43 Å². The average Bonchev–Trinajstić information content (AvgIpc) is 3.39. The highest BCUT2D eigenvalue weighted by Gasteiger charge is 2.34. The van der Waals surface area contributed by atoms with Gasteiger partial charge in [0.1, 0.15) is 18.5 Å². The van der Waals surface area contributed by atoms with Crippen molar-refractivity contribution >= 4 is 25.9 Å². The lowest BCUT2D eigenvalue weighted by atomic mass is 10.0. The Labute approximate surface area is 205 Å². The summed E-state index contributed by atoms with van der Waals surface area (Å²) < 4.78 is 76.2. The Morgan fingerprint density at radius 3 is 2.58 bits per heavy atom. The first-order chi connectivity index (χ1) is 17.0. The van der Waals surface area contributed by atoms with Gasteiger partial charge in [0.2, 0.25) is 5.91 Å². The fourth-order valence-corrected chi connectivity index (χ4v) is 4.94. The van der Waals surface area contributed by atoms with Crippen molar-refractivity contribution in [1.29, 1.82) is 0 Å². The standard InChI is InChI=1S/C24H26F5N3O3Si/c1-36(2)35-10-9-30-13-17(15-3-4-19(26)18(11-15)24(27,28)29)22-20(30)6-8-32(23(22)34)14-21(33)31-7-5-16(25)12-31/h3-4,6,8,11,13,16,36H,5,7,9-10,12,14H2,1-2H3. The van der Waals surface area contributed by atoms with Crippen LogP contribution in [0, 0.1) is 5.82 Å². The van der Waals surface area contributed by atoms with Gasteiger partial charge in [-0.1, -0.05) is 6.07 Å². The SMILES string of the molecule is C[SiH](C)OCCn1cc(-c2ccc(F)c(C(F)(F)F)c2)c2c(=O)n(CC(=O)N3CCC(F)C3)ccc21. The molecule has 1 aliphatic rings. The second-order valence-corrected chi connectivity index (χ2v) is 11.5. The monoisotopic (exact) mass is 527 g/mol. The van der Waals surface area contributed by atoms with E-state index in [1.54, 1.807) is 16.8 Å². The molecular weight excluding hydrogens is 501 g/mol. The minimum absolute atomic E-state index is 0.0209. The van der Waals surface area contributed by atoms with Crippen molar-refractivity contribution in [3.8, 4) is 11.1 Å². The third-order valence-electron chi connectivity index (χ3n) is 6.16. The third kappa shape index (κ3) is 5.38. The molecule has 0 saturated carbocycles. The number of hydrogen-bond donors (Lipinski definition) is 0. The number of benzene rings is 1. The van der Waals surface area contributed by atoms with Crippen LogP contribution in [0.3, 0.4) is 0 Å². The topological polar surface area (TPSA) is 56.5 Å². The van der Waals surface area contributed by atoms with Crippen molar-refractivity contribution in [3.63, 3.8) is 0 Å². The minimum Gasteiger partial charge on any atom is -0.419 e. The number of carbonyl (C=O) groups excluding carboxylic acids is 1. The normalized spacial score (nSPS) is 16.4. The van der Waals surface area contributed by atoms with Gasteiger partial charge in [-0.05, 0) is 43.3 Å². The first-order valence-corrected chi connectivity index (χ1v) is 14.4. The molecule has 0 radical (unpaired) electrons. The fourth-order valence-electron chi connectivity index (χ4n) is 4.36. The summed E-state index contributed by atoms with van der Waals surface area (Å²) in [5, 5.41) is 0.108. The zero-order valence-corrected chi connectivity index (χ0v) is 21.0. The van der Waals surface area contributed by atoms with Crippen LogP contribution in [-0.4, -0.2) is 54.8 Å². The summed E-state index contributed by atoms with van der Waals surface area (Å²) >= 11 is 0. The van der Waals surface area contributed by atoms with Crippen molar-refractivity contribution in [2.24, 2.45) is 0 Å². The lowest BCUT2D eigenvalue weighted by Crippen LogP contribution is -2.35. The summed E-state index contributed by atoms with van der Waals surface area (Å²) in [5.74, 6) is -1.83. The van der Waals surface area contributed by atoms with Gasteiger partial charge >= 0.3 is 6.18 Å². The number of hydrogen-bond acceptors (Lipinski definition) is 3. The molecule has 1 amide bonds. The molecule has 1 aliphatic heterocycles. The molecule has 36 heavy (non-hydrogen) atoms. The van der Waals surface area contributed by atoms with Crippen LogP contribution in [0.25, 0.3) is 22.0 Å². The Hall–Kier alpha value is -2.99. The molecular formula is C24H26F5N3O3Si. The molecule has 3 heterocycles. The van der Waals surface area contributed by atoms with Crippen LogP contribution in [0.2, 0.25) is 13.1 Å². The van der Waals surface area contributed by atoms with Gasteiger partial charge in [-0.15, -0.1) is 0 Å². The summed E-state index contributed by atoms with van der Waals surface area (Å²) in [6, 6.07) is 4.20. The number of likely N-dealkylation sites (tertiary alicyclic amines) is 1. The molecule has 1 saturated heterocycles. The van der Waals surface area contributed by atoms with Crippen LogP contribution in [0.5, 0.6) is 0 Å². The quantitative estimate of drug-likeness (QED) is 0.342. The lowest BCUT2D eigenvalue weighted by Gasteiger charge is -2.16. The zero-order valence-electron chi connectivity index (χ0n) is 19.8. The van der Waals surface area contributed by atoms with Gasteiger partial charge in [-0.3, -0.25) is 9.59 Å². The molecule has 1 atom stereocenters. The second-order valence-electron chi connectivity index (χ2n) is 9.08. The van der Waals surface area contributed by atoms with E-state index in [1.165, 1.54) is 17.2 Å². The Kier molecular flexibility index (Phi) is 7.37. The number of pyridine rings is 1. The molecule has 6 nitrogen and oxygen atoms in total. The molecule has 194 valence electrons. The Morgan fingerprint density at radius 2 is 1.94 bits per heavy atom. The van der Waals surface area contributed by atoms with Gasteiger partial charge in [0, 0.05) is 31.0 Å². The number of fused-ring (bicyclic) bond motifs is 1. The van der Waals surface area contributed by atoms with Crippen molar-refractivity contribution in [2.75, 3.05) is 19.7 Å². The number of halogens is 5. The smallest absolute Gasteiger partial charge is 0.419 e. The Morgan fingerprint density at radius 1 is 1.19 bits per heavy atom. The van der Waals surface area contributed by atoms with E-state index in [9.17, 15) is 31.5 Å². The Bertz CT molecular complexity index is 1340. The predicted octanol–water partition coefficient (Wildman–Crippen LogP) is 4.20. The van der Waals surface area contributed by atoms with E-state index in [1.807, 2.05) is 13.1 Å². The maximum absolute atomic E-state index is 13.9. The number of rotatable bonds is 7. The molecule has 4 rings (SSSR count). The van der Waals surface area contributed by atoms with Gasteiger partial charge in [-0.25, -0.2) is 8.78 Å². The molecule has 0 bridgehead atoms. The van der Waals surface area contributed by atoms with E-state index < -0.39 is 44.2 Å². The molecule has 1 unspecified atom stereocenters. The van der Waals surface area contributed by atoms with E-state index >= 15 is 0 Å². The van der Waals surface area contributed by atoms with Gasteiger partial charge in [0.05, 0.1) is 29.6 Å². The molecule has 2 aromatic heterocycles. The van der Waals surface area contributed by atoms with Gasteiger partial charge in [0.15, 0.2) is 9.04 Å². The first-order valence-electron chi connectivity index (χ1n) is 11.6. The number of alkyl halides is 4. The summed E-state index contributed by atoms with van der Waals surface area (Å²) in [7, 11) is -1.32. The van der Waals surface area contributed by atoms with E-state index in [2.05, 4.69) is 0 Å². The molecule has 1 aromatic carbocycles. The highest BCUT2D eigenvalue weighted by atomic mass is 28.3. The number of carbonyl (C=O) groups is 1. The fraction of sp³-hybridized carbons (Fsp3) is 0.417. The molecule has 3 aromatic rings. The van der Waals surface area contributed by atoms with Gasteiger partial charge in [-0.2, -0.15) is 13.2 Å². The molecule has 0 spiro atoms. The highest BCUT2D eigenvalue weighted by Crippen LogP contribution is 2.36. The first kappa shape index (κ1) is 26.1. The third-order valence-corrected chi connectivity index (χ3v) is 7.06. The largest absolute Gasteiger partial charge is 0.419 e.